The van der Waals surface area contributed by atoms with Crippen LogP contribution in [0.4, 0.5) is 0 Å². The minimum atomic E-state index is -2.43. The van der Waals surface area contributed by atoms with Crippen LogP contribution < -0.4 is 0 Å². The molecule has 0 heterocycles. The maximum Gasteiger partial charge on any atom is 0.528 e. The molecular formula is C10H28O6Si2. The Balaban J connectivity index is -0.000000238. The third kappa shape index (κ3) is 8.11. The summed E-state index contributed by atoms with van der Waals surface area (Å²) in [5, 5.41) is 0. The average Bonchev–Trinajstić information content (AvgIpc) is 2.42. The minimum Gasteiger partial charge on any atom is -0.377 e. The van der Waals surface area contributed by atoms with Crippen LogP contribution in [0.5, 0.6) is 0 Å². The Morgan fingerprint density at radius 1 is 0.722 bits per heavy atom. The first kappa shape index (κ1) is 23.1. The van der Waals surface area contributed by atoms with Gasteiger partial charge in [0.2, 0.25) is 0 Å². The Hall–Kier alpha value is -0.0662. The van der Waals surface area contributed by atoms with Gasteiger partial charge in [0.15, 0.2) is 0 Å². The van der Waals surface area contributed by atoms with Gasteiger partial charge in [0, 0.05) is 49.2 Å². The average molecular weight is 301 g/mol. The molecule has 0 amide bonds. The van der Waals surface area contributed by atoms with E-state index < -0.39 is 17.6 Å². The fourth-order valence-electron chi connectivity index (χ4n) is 0.750. The molecule has 0 saturated heterocycles. The van der Waals surface area contributed by atoms with E-state index in [-0.39, 0.29) is 7.43 Å². The van der Waals surface area contributed by atoms with E-state index in [1.54, 1.807) is 48.4 Å². The zero-order valence-electron chi connectivity index (χ0n) is 11.7. The van der Waals surface area contributed by atoms with Gasteiger partial charge in [-0.3, -0.25) is 0 Å². The van der Waals surface area contributed by atoms with Crippen LogP contribution in [0.3, 0.4) is 0 Å². The van der Waals surface area contributed by atoms with Gasteiger partial charge in [-0.15, -0.1) is 0 Å². The Morgan fingerprint density at radius 2 is 1.00 bits per heavy atom. The standard InChI is InChI=1S/C5H12O3Si.C4H12O3Si.CH4/c1-5-9(6-2,7-3)8-4;1-5-8(4,6-2)7-3;/h5H,1H2,2-4H3;1-4H3;1H4. The fourth-order valence-corrected chi connectivity index (χ4v) is 2.25. The predicted molar refractivity (Wildman–Crippen MR) is 76.4 cm³/mol. The molecule has 18 heavy (non-hydrogen) atoms. The first-order valence-corrected chi connectivity index (χ1v) is 8.90. The summed E-state index contributed by atoms with van der Waals surface area (Å²) in [6, 6.07) is 0. The molecule has 0 spiro atoms. The Kier molecular flexibility index (Phi) is 15.4. The molecule has 0 fully saturated rings. The maximum atomic E-state index is 4.96. The molecule has 0 atom stereocenters. The van der Waals surface area contributed by atoms with E-state index in [0.29, 0.717) is 0 Å². The smallest absolute Gasteiger partial charge is 0.377 e. The summed E-state index contributed by atoms with van der Waals surface area (Å²) in [5.41, 5.74) is 1.58. The van der Waals surface area contributed by atoms with Crippen LogP contribution in [0.15, 0.2) is 12.3 Å². The summed E-state index contributed by atoms with van der Waals surface area (Å²) < 4.78 is 29.7. The topological polar surface area (TPSA) is 55.4 Å². The molecule has 0 N–H and O–H groups in total. The van der Waals surface area contributed by atoms with Gasteiger partial charge in [-0.2, -0.15) is 0 Å². The van der Waals surface area contributed by atoms with Crippen molar-refractivity contribution in [2.75, 3.05) is 42.7 Å². The zero-order chi connectivity index (χ0) is 13.9. The highest BCUT2D eigenvalue weighted by atomic mass is 28.4. The SMILES string of the molecule is C.C=C[Si](OC)(OC)OC.CO[Si](C)(OC)OC. The lowest BCUT2D eigenvalue weighted by molar-refractivity contribution is 0.132. The summed E-state index contributed by atoms with van der Waals surface area (Å²) in [5.74, 6) is 0. The molecule has 112 valence electrons. The molecule has 8 heteroatoms. The summed E-state index contributed by atoms with van der Waals surface area (Å²) in [6.45, 7) is 5.36. The van der Waals surface area contributed by atoms with E-state index in [0.717, 1.165) is 0 Å². The van der Waals surface area contributed by atoms with Crippen molar-refractivity contribution in [2.45, 2.75) is 14.0 Å². The summed E-state index contributed by atoms with van der Waals surface area (Å²) in [4.78, 5) is 0. The Bertz CT molecular complexity index is 178. The number of hydrogen-bond acceptors (Lipinski definition) is 6. The highest BCUT2D eigenvalue weighted by Gasteiger charge is 2.33. The molecule has 0 aliphatic carbocycles. The van der Waals surface area contributed by atoms with Crippen molar-refractivity contribution in [3.05, 3.63) is 12.3 Å². The van der Waals surface area contributed by atoms with Gasteiger partial charge in [0.1, 0.15) is 0 Å². The van der Waals surface area contributed by atoms with Crippen LogP contribution in [0.2, 0.25) is 6.55 Å². The lowest BCUT2D eigenvalue weighted by Crippen LogP contribution is -2.40. The quantitative estimate of drug-likeness (QED) is 0.667. The first-order valence-electron chi connectivity index (χ1n) is 4.87. The first-order chi connectivity index (χ1) is 7.92. The van der Waals surface area contributed by atoms with Crippen LogP contribution in [-0.2, 0) is 26.6 Å². The van der Waals surface area contributed by atoms with Crippen LogP contribution in [-0.4, -0.2) is 60.3 Å². The van der Waals surface area contributed by atoms with Crippen LogP contribution in [0, 0.1) is 0 Å². The summed E-state index contributed by atoms with van der Waals surface area (Å²) in [7, 11) is 4.78. The molecule has 0 unspecified atom stereocenters. The Labute approximate surface area is 114 Å². The van der Waals surface area contributed by atoms with Crippen molar-refractivity contribution in [3.63, 3.8) is 0 Å². The van der Waals surface area contributed by atoms with Gasteiger partial charge in [0.05, 0.1) is 0 Å². The normalized spacial score (nSPS) is 11.1. The van der Waals surface area contributed by atoms with E-state index in [9.17, 15) is 0 Å². The van der Waals surface area contributed by atoms with Gasteiger partial charge >= 0.3 is 17.6 Å². The number of rotatable bonds is 7. The second-order valence-corrected chi connectivity index (χ2v) is 8.68. The molecule has 0 aliphatic rings. The molecule has 0 aromatic carbocycles. The van der Waals surface area contributed by atoms with Crippen LogP contribution in [0.25, 0.3) is 0 Å². The van der Waals surface area contributed by atoms with Crippen molar-refractivity contribution in [1.29, 1.82) is 0 Å². The van der Waals surface area contributed by atoms with E-state index in [2.05, 4.69) is 6.58 Å². The van der Waals surface area contributed by atoms with Gasteiger partial charge in [0.25, 0.3) is 0 Å². The maximum absolute atomic E-state index is 4.96. The largest absolute Gasteiger partial charge is 0.528 e. The number of hydrogen-bond donors (Lipinski definition) is 0. The lowest BCUT2D eigenvalue weighted by atomic mass is 11.3. The van der Waals surface area contributed by atoms with Crippen LogP contribution in [0.1, 0.15) is 7.43 Å². The predicted octanol–water partition coefficient (Wildman–Crippen LogP) is 1.72. The van der Waals surface area contributed by atoms with E-state index in [4.69, 9.17) is 26.6 Å². The van der Waals surface area contributed by atoms with E-state index in [1.807, 2.05) is 6.55 Å². The lowest BCUT2D eigenvalue weighted by Gasteiger charge is -2.19. The van der Waals surface area contributed by atoms with Crippen molar-refractivity contribution >= 4 is 17.6 Å². The van der Waals surface area contributed by atoms with Gasteiger partial charge in [-0.25, -0.2) is 0 Å². The molecule has 0 aliphatic heterocycles. The minimum absolute atomic E-state index is 0. The highest BCUT2D eigenvalue weighted by Crippen LogP contribution is 2.05. The second kappa shape index (κ2) is 12.0. The monoisotopic (exact) mass is 300 g/mol. The molecule has 6 nitrogen and oxygen atoms in total. The second-order valence-electron chi connectivity index (χ2n) is 2.89. The van der Waals surface area contributed by atoms with Crippen molar-refractivity contribution in [1.82, 2.24) is 0 Å². The van der Waals surface area contributed by atoms with Gasteiger partial charge < -0.3 is 26.6 Å². The fraction of sp³-hybridized carbons (Fsp3) is 0.800. The molecule has 0 saturated carbocycles. The van der Waals surface area contributed by atoms with Crippen molar-refractivity contribution < 1.29 is 26.6 Å². The zero-order valence-corrected chi connectivity index (χ0v) is 13.7. The highest BCUT2D eigenvalue weighted by molar-refractivity contribution is 6.66. The summed E-state index contributed by atoms with van der Waals surface area (Å²) in [6.07, 6.45) is 0. The van der Waals surface area contributed by atoms with E-state index in [1.165, 1.54) is 0 Å². The molecular weight excluding hydrogens is 272 g/mol. The van der Waals surface area contributed by atoms with Crippen molar-refractivity contribution in [3.8, 4) is 0 Å². The summed E-state index contributed by atoms with van der Waals surface area (Å²) >= 11 is 0. The molecule has 0 aromatic rings. The molecule has 0 rings (SSSR count). The van der Waals surface area contributed by atoms with E-state index >= 15 is 0 Å². The molecule has 0 radical (unpaired) electrons. The molecule has 0 aromatic heterocycles. The third-order valence-corrected chi connectivity index (χ3v) is 6.65. The van der Waals surface area contributed by atoms with Gasteiger partial charge in [-0.05, 0) is 5.70 Å². The van der Waals surface area contributed by atoms with Crippen molar-refractivity contribution in [2.24, 2.45) is 0 Å². The Morgan fingerprint density at radius 3 is 1.00 bits per heavy atom. The van der Waals surface area contributed by atoms with Gasteiger partial charge in [-0.1, -0.05) is 14.0 Å². The van der Waals surface area contributed by atoms with Crippen LogP contribution >= 0.6 is 0 Å². The third-order valence-electron chi connectivity index (χ3n) is 2.22. The molecule has 0 bridgehead atoms.